The lowest BCUT2D eigenvalue weighted by atomic mass is 9.70. The van der Waals surface area contributed by atoms with Crippen molar-refractivity contribution < 1.29 is 9.41 Å². The van der Waals surface area contributed by atoms with Crippen molar-refractivity contribution in [2.45, 2.75) is 56.8 Å². The molecule has 15 heavy (non-hydrogen) atoms. The highest BCUT2D eigenvalue weighted by Gasteiger charge is 2.46. The lowest BCUT2D eigenvalue weighted by Gasteiger charge is -2.51. The molecule has 2 fully saturated rings. The Labute approximate surface area is 91.2 Å². The van der Waals surface area contributed by atoms with E-state index in [2.05, 4.69) is 5.32 Å². The maximum atomic E-state index is 14.1. The molecule has 2 bridgehead atoms. The normalized spacial score (nSPS) is 41.6. The molecule has 3 nitrogen and oxygen atoms in total. The molecular formula is C10H20BFN2O. The van der Waals surface area contributed by atoms with E-state index < -0.39 is 13.2 Å². The molecule has 0 amide bonds. The van der Waals surface area contributed by atoms with E-state index in [0.29, 0.717) is 6.04 Å². The van der Waals surface area contributed by atoms with Crippen LogP contribution in [0.15, 0.2) is 0 Å². The molecule has 0 spiro atoms. The molecule has 4 atom stereocenters. The van der Waals surface area contributed by atoms with Gasteiger partial charge in [0, 0.05) is 18.1 Å². The van der Waals surface area contributed by atoms with E-state index in [-0.39, 0.29) is 12.1 Å². The molecule has 2 heterocycles. The quantitative estimate of drug-likeness (QED) is 0.662. The zero-order chi connectivity index (χ0) is 11.0. The van der Waals surface area contributed by atoms with Crippen LogP contribution in [0.3, 0.4) is 0 Å². The van der Waals surface area contributed by atoms with E-state index in [4.69, 9.17) is 0 Å². The minimum absolute atomic E-state index is 0.0321. The lowest BCUT2D eigenvalue weighted by molar-refractivity contribution is 0.0133. The first kappa shape index (κ1) is 11.4. The Morgan fingerprint density at radius 3 is 2.80 bits per heavy atom. The van der Waals surface area contributed by atoms with E-state index in [1.54, 1.807) is 6.82 Å². The number of hydrogen-bond donors (Lipinski definition) is 2. The van der Waals surface area contributed by atoms with Crippen LogP contribution in [-0.2, 0) is 0 Å². The summed E-state index contributed by atoms with van der Waals surface area (Å²) in [5, 5.41) is 12.8. The van der Waals surface area contributed by atoms with E-state index in [1.165, 1.54) is 0 Å². The van der Waals surface area contributed by atoms with E-state index >= 15 is 0 Å². The predicted octanol–water partition coefficient (Wildman–Crippen LogP) is 0.650. The van der Waals surface area contributed by atoms with Crippen molar-refractivity contribution >= 4 is 7.05 Å². The van der Waals surface area contributed by atoms with Crippen molar-refractivity contribution in [3.05, 3.63) is 0 Å². The van der Waals surface area contributed by atoms with Crippen LogP contribution in [0.2, 0.25) is 6.82 Å². The summed E-state index contributed by atoms with van der Waals surface area (Å²) < 4.78 is 14.1. The molecule has 2 aliphatic rings. The number of halogens is 1. The number of alkyl halides is 1. The standard InChI is InChI=1S/C10H20BFN2O/c1-11(15)14-7-4-3-5-9(14)10(12)8(6-7)13-2/h7-10,13,15H,3-6H2,1-2H3/t7?,8-,9?,10-/m1/s1. The third kappa shape index (κ3) is 1.93. The molecule has 0 aromatic carbocycles. The van der Waals surface area contributed by atoms with E-state index in [9.17, 15) is 9.41 Å². The maximum absolute atomic E-state index is 14.1. The summed E-state index contributed by atoms with van der Waals surface area (Å²) in [7, 11) is 1.31. The van der Waals surface area contributed by atoms with Gasteiger partial charge in [0.2, 0.25) is 0 Å². The highest BCUT2D eigenvalue weighted by Crippen LogP contribution is 2.35. The summed E-state index contributed by atoms with van der Waals surface area (Å²) >= 11 is 0. The van der Waals surface area contributed by atoms with Gasteiger partial charge in [-0.2, -0.15) is 0 Å². The third-order valence-electron chi connectivity index (χ3n) is 3.92. The van der Waals surface area contributed by atoms with Crippen LogP contribution >= 0.6 is 0 Å². The largest absolute Gasteiger partial charge is 0.437 e. The van der Waals surface area contributed by atoms with Gasteiger partial charge < -0.3 is 15.2 Å². The second-order valence-electron chi connectivity index (χ2n) is 4.81. The number of nitrogens with zero attached hydrogens (tertiary/aromatic N) is 1. The van der Waals surface area contributed by atoms with Gasteiger partial charge in [-0.25, -0.2) is 4.39 Å². The molecule has 2 unspecified atom stereocenters. The Hall–Kier alpha value is -0.125. The molecule has 0 aromatic heterocycles. The average Bonchev–Trinajstić information content (AvgIpc) is 2.22. The summed E-state index contributed by atoms with van der Waals surface area (Å²) in [6, 6.07) is 0.235. The van der Waals surface area contributed by atoms with Gasteiger partial charge in [0.25, 0.3) is 0 Å². The molecule has 2 N–H and O–H groups in total. The van der Waals surface area contributed by atoms with Crippen molar-refractivity contribution in [3.63, 3.8) is 0 Å². The molecule has 2 aliphatic heterocycles. The molecular weight excluding hydrogens is 194 g/mol. The number of hydrogen-bond acceptors (Lipinski definition) is 3. The van der Waals surface area contributed by atoms with Crippen molar-refractivity contribution in [3.8, 4) is 0 Å². The third-order valence-corrected chi connectivity index (χ3v) is 3.92. The Morgan fingerprint density at radius 1 is 1.47 bits per heavy atom. The predicted molar refractivity (Wildman–Crippen MR) is 59.5 cm³/mol. The van der Waals surface area contributed by atoms with Gasteiger partial charge in [-0.15, -0.1) is 0 Å². The first-order chi connectivity index (χ1) is 7.15. The minimum Gasteiger partial charge on any atom is -0.437 e. The van der Waals surface area contributed by atoms with Gasteiger partial charge in [-0.05, 0) is 33.1 Å². The number of piperidine rings is 2. The monoisotopic (exact) mass is 214 g/mol. The summed E-state index contributed by atoms with van der Waals surface area (Å²) in [6.45, 7) is 1.75. The van der Waals surface area contributed by atoms with Gasteiger partial charge >= 0.3 is 7.05 Å². The van der Waals surface area contributed by atoms with E-state index in [0.717, 1.165) is 25.7 Å². The van der Waals surface area contributed by atoms with Crippen LogP contribution in [0, 0.1) is 0 Å². The number of nitrogens with one attached hydrogen (secondary N) is 1. The minimum atomic E-state index is -0.846. The lowest BCUT2D eigenvalue weighted by Crippen LogP contribution is -2.65. The van der Waals surface area contributed by atoms with Crippen LogP contribution in [0.25, 0.3) is 0 Å². The second kappa shape index (κ2) is 4.40. The fourth-order valence-electron chi connectivity index (χ4n) is 3.25. The Morgan fingerprint density at radius 2 is 2.20 bits per heavy atom. The van der Waals surface area contributed by atoms with Crippen LogP contribution < -0.4 is 5.32 Å². The first-order valence-corrected chi connectivity index (χ1v) is 5.92. The molecule has 5 heteroatoms. The van der Waals surface area contributed by atoms with Gasteiger partial charge in [0.1, 0.15) is 6.17 Å². The zero-order valence-corrected chi connectivity index (χ0v) is 9.49. The average molecular weight is 214 g/mol. The molecule has 0 radical (unpaired) electrons. The molecule has 86 valence electrons. The second-order valence-corrected chi connectivity index (χ2v) is 4.81. The summed E-state index contributed by atoms with van der Waals surface area (Å²) in [4.78, 5) is 1.97. The Kier molecular flexibility index (Phi) is 3.33. The van der Waals surface area contributed by atoms with Gasteiger partial charge in [0.05, 0.1) is 0 Å². The Balaban J connectivity index is 2.16. The Bertz CT molecular complexity index is 229. The van der Waals surface area contributed by atoms with Crippen molar-refractivity contribution in [2.75, 3.05) is 7.05 Å². The fourth-order valence-corrected chi connectivity index (χ4v) is 3.25. The van der Waals surface area contributed by atoms with Gasteiger partial charge in [0.15, 0.2) is 0 Å². The summed E-state index contributed by atoms with van der Waals surface area (Å²) in [5.41, 5.74) is 0. The van der Waals surface area contributed by atoms with Crippen molar-refractivity contribution in [1.29, 1.82) is 0 Å². The highest BCUT2D eigenvalue weighted by atomic mass is 19.1. The fraction of sp³-hybridized carbons (Fsp3) is 1.00. The topological polar surface area (TPSA) is 35.5 Å². The molecule has 2 rings (SSSR count). The smallest absolute Gasteiger partial charge is 0.376 e. The van der Waals surface area contributed by atoms with Crippen molar-refractivity contribution in [1.82, 2.24) is 10.1 Å². The summed E-state index contributed by atoms with van der Waals surface area (Å²) in [6.07, 6.45) is 3.03. The van der Waals surface area contributed by atoms with Crippen LogP contribution in [-0.4, -0.2) is 48.2 Å². The molecule has 0 saturated carbocycles. The zero-order valence-electron chi connectivity index (χ0n) is 9.49. The molecule has 0 aromatic rings. The van der Waals surface area contributed by atoms with Gasteiger partial charge in [-0.3, -0.25) is 0 Å². The van der Waals surface area contributed by atoms with Gasteiger partial charge in [-0.1, -0.05) is 6.42 Å². The van der Waals surface area contributed by atoms with Crippen LogP contribution in [0.1, 0.15) is 25.7 Å². The number of fused-ring (bicyclic) bond motifs is 2. The summed E-state index contributed by atoms with van der Waals surface area (Å²) in [5.74, 6) is 0. The van der Waals surface area contributed by atoms with Crippen LogP contribution in [0.5, 0.6) is 0 Å². The van der Waals surface area contributed by atoms with Crippen molar-refractivity contribution in [2.24, 2.45) is 0 Å². The van der Waals surface area contributed by atoms with Crippen LogP contribution in [0.4, 0.5) is 4.39 Å². The SMILES string of the molecule is CN[C@@H]1CC2CCCC([C@@H]1F)N2B(C)O. The first-order valence-electron chi connectivity index (χ1n) is 5.92. The molecule has 0 aliphatic carbocycles. The van der Waals surface area contributed by atoms with E-state index in [1.807, 2.05) is 11.9 Å². The molecule has 2 saturated heterocycles. The highest BCUT2D eigenvalue weighted by molar-refractivity contribution is 6.45. The number of rotatable bonds is 2. The maximum Gasteiger partial charge on any atom is 0.376 e.